The van der Waals surface area contributed by atoms with E-state index >= 15 is 0 Å². The summed E-state index contributed by atoms with van der Waals surface area (Å²) in [6.07, 6.45) is 0. The highest BCUT2D eigenvalue weighted by Gasteiger charge is 2.13. The normalized spacial score (nSPS) is 10.3. The molecular formula is C14H13ClN2O2. The summed E-state index contributed by atoms with van der Waals surface area (Å²) in [5.74, 6) is 0. The molecule has 2 aromatic rings. The van der Waals surface area contributed by atoms with Gasteiger partial charge in [-0.3, -0.25) is 10.1 Å². The molecule has 0 aliphatic heterocycles. The Balaban J connectivity index is 2.57. The van der Waals surface area contributed by atoms with Crippen LogP contribution >= 0.6 is 11.6 Å². The molecule has 2 aromatic carbocycles. The van der Waals surface area contributed by atoms with Crippen LogP contribution in [0.25, 0.3) is 11.1 Å². The lowest BCUT2D eigenvalue weighted by molar-refractivity contribution is -0.384. The number of nitro benzene ring substituents is 1. The van der Waals surface area contributed by atoms with Crippen LogP contribution in [0.4, 0.5) is 11.4 Å². The second-order valence-electron chi connectivity index (χ2n) is 4.33. The zero-order chi connectivity index (χ0) is 14.0. The van der Waals surface area contributed by atoms with Gasteiger partial charge in [-0.15, -0.1) is 0 Å². The molecule has 0 radical (unpaired) electrons. The number of rotatable bonds is 3. The van der Waals surface area contributed by atoms with E-state index in [-0.39, 0.29) is 5.69 Å². The second-order valence-corrected chi connectivity index (χ2v) is 4.74. The molecule has 5 heteroatoms. The standard InChI is InChI=1S/C14H13ClN2O2/c1-16(2)14-6-4-3-5-12(14)11-8-7-10(17(18)19)9-13(11)15/h3-9H,1-2H3. The van der Waals surface area contributed by atoms with E-state index in [9.17, 15) is 10.1 Å². The molecule has 0 spiro atoms. The van der Waals surface area contributed by atoms with Gasteiger partial charge in [0, 0.05) is 43.0 Å². The van der Waals surface area contributed by atoms with Gasteiger partial charge in [-0.1, -0.05) is 29.8 Å². The molecule has 0 bridgehead atoms. The molecule has 0 saturated heterocycles. The zero-order valence-corrected chi connectivity index (χ0v) is 11.4. The van der Waals surface area contributed by atoms with Gasteiger partial charge in [0.05, 0.1) is 9.95 Å². The zero-order valence-electron chi connectivity index (χ0n) is 10.6. The van der Waals surface area contributed by atoms with Crippen LogP contribution in [-0.4, -0.2) is 19.0 Å². The van der Waals surface area contributed by atoms with Crippen LogP contribution in [0.5, 0.6) is 0 Å². The summed E-state index contributed by atoms with van der Waals surface area (Å²) in [5.41, 5.74) is 2.75. The summed E-state index contributed by atoms with van der Waals surface area (Å²) in [5, 5.41) is 11.1. The van der Waals surface area contributed by atoms with Gasteiger partial charge >= 0.3 is 0 Å². The van der Waals surface area contributed by atoms with Gasteiger partial charge in [0.25, 0.3) is 5.69 Å². The summed E-state index contributed by atoms with van der Waals surface area (Å²) < 4.78 is 0. The van der Waals surface area contributed by atoms with Crippen molar-refractivity contribution in [2.75, 3.05) is 19.0 Å². The maximum absolute atomic E-state index is 10.7. The van der Waals surface area contributed by atoms with Gasteiger partial charge < -0.3 is 4.90 Å². The smallest absolute Gasteiger partial charge is 0.270 e. The van der Waals surface area contributed by atoms with Crippen LogP contribution < -0.4 is 4.90 Å². The molecule has 98 valence electrons. The number of non-ortho nitro benzene ring substituents is 1. The van der Waals surface area contributed by atoms with Gasteiger partial charge in [0.2, 0.25) is 0 Å². The van der Waals surface area contributed by atoms with E-state index in [0.29, 0.717) is 5.02 Å². The number of nitro groups is 1. The molecule has 0 aliphatic carbocycles. The molecule has 0 N–H and O–H groups in total. The van der Waals surface area contributed by atoms with Crippen molar-refractivity contribution in [1.82, 2.24) is 0 Å². The van der Waals surface area contributed by atoms with Gasteiger partial charge in [-0.25, -0.2) is 0 Å². The minimum Gasteiger partial charge on any atom is -0.377 e. The first kappa shape index (κ1) is 13.4. The second kappa shape index (κ2) is 5.28. The predicted octanol–water partition coefficient (Wildman–Crippen LogP) is 3.98. The van der Waals surface area contributed by atoms with Crippen LogP contribution in [0.3, 0.4) is 0 Å². The molecule has 19 heavy (non-hydrogen) atoms. The Bertz CT molecular complexity index is 627. The number of benzene rings is 2. The molecule has 0 aliphatic rings. The molecule has 0 unspecified atom stereocenters. The van der Waals surface area contributed by atoms with Crippen molar-refractivity contribution >= 4 is 23.0 Å². The van der Waals surface area contributed by atoms with Crippen molar-refractivity contribution < 1.29 is 4.92 Å². The average Bonchev–Trinajstić information content (AvgIpc) is 2.38. The quantitative estimate of drug-likeness (QED) is 0.629. The topological polar surface area (TPSA) is 46.4 Å². The number of para-hydroxylation sites is 1. The maximum atomic E-state index is 10.7. The van der Waals surface area contributed by atoms with Crippen molar-refractivity contribution in [2.45, 2.75) is 0 Å². The van der Waals surface area contributed by atoms with Crippen molar-refractivity contribution in [3.63, 3.8) is 0 Å². The van der Waals surface area contributed by atoms with E-state index in [1.807, 2.05) is 43.3 Å². The Morgan fingerprint density at radius 1 is 1.11 bits per heavy atom. The minimum absolute atomic E-state index is 0.00363. The van der Waals surface area contributed by atoms with E-state index in [4.69, 9.17) is 11.6 Å². The number of nitrogens with zero attached hydrogens (tertiary/aromatic N) is 2. The van der Waals surface area contributed by atoms with E-state index in [0.717, 1.165) is 16.8 Å². The van der Waals surface area contributed by atoms with E-state index in [1.54, 1.807) is 6.07 Å². The highest BCUT2D eigenvalue weighted by Crippen LogP contribution is 2.36. The molecule has 2 rings (SSSR count). The number of halogens is 1. The molecule has 0 fully saturated rings. The lowest BCUT2D eigenvalue weighted by Crippen LogP contribution is -2.09. The Labute approximate surface area is 116 Å². The fraction of sp³-hybridized carbons (Fsp3) is 0.143. The molecule has 4 nitrogen and oxygen atoms in total. The predicted molar refractivity (Wildman–Crippen MR) is 77.9 cm³/mol. The first-order valence-corrected chi connectivity index (χ1v) is 6.09. The summed E-state index contributed by atoms with van der Waals surface area (Å²) in [4.78, 5) is 12.2. The Morgan fingerprint density at radius 3 is 2.37 bits per heavy atom. The molecule has 0 heterocycles. The fourth-order valence-corrected chi connectivity index (χ4v) is 2.20. The molecule has 0 atom stereocenters. The average molecular weight is 277 g/mol. The van der Waals surface area contributed by atoms with E-state index < -0.39 is 4.92 Å². The van der Waals surface area contributed by atoms with Crippen LogP contribution in [0.1, 0.15) is 0 Å². The van der Waals surface area contributed by atoms with Crippen molar-refractivity contribution in [3.8, 4) is 11.1 Å². The third-order valence-electron chi connectivity index (χ3n) is 2.84. The lowest BCUT2D eigenvalue weighted by Gasteiger charge is -2.18. The highest BCUT2D eigenvalue weighted by atomic mass is 35.5. The number of anilines is 1. The van der Waals surface area contributed by atoms with E-state index in [1.165, 1.54) is 12.1 Å². The van der Waals surface area contributed by atoms with Crippen LogP contribution in [0, 0.1) is 10.1 Å². The molecular weight excluding hydrogens is 264 g/mol. The molecule has 0 saturated carbocycles. The van der Waals surface area contributed by atoms with Gasteiger partial charge in [-0.2, -0.15) is 0 Å². The number of hydrogen-bond donors (Lipinski definition) is 0. The van der Waals surface area contributed by atoms with Gasteiger partial charge in [0.1, 0.15) is 0 Å². The molecule has 0 amide bonds. The van der Waals surface area contributed by atoms with Gasteiger partial charge in [0.15, 0.2) is 0 Å². The summed E-state index contributed by atoms with van der Waals surface area (Å²) in [6, 6.07) is 12.3. The first-order valence-electron chi connectivity index (χ1n) is 5.71. The first-order chi connectivity index (χ1) is 9.00. The van der Waals surface area contributed by atoms with Crippen molar-refractivity contribution in [1.29, 1.82) is 0 Å². The van der Waals surface area contributed by atoms with E-state index in [2.05, 4.69) is 0 Å². The Hall–Kier alpha value is -2.07. The van der Waals surface area contributed by atoms with Crippen molar-refractivity contribution in [2.24, 2.45) is 0 Å². The van der Waals surface area contributed by atoms with Crippen LogP contribution in [0.15, 0.2) is 42.5 Å². The lowest BCUT2D eigenvalue weighted by atomic mass is 10.0. The minimum atomic E-state index is -0.451. The van der Waals surface area contributed by atoms with Crippen molar-refractivity contribution in [3.05, 3.63) is 57.6 Å². The summed E-state index contributed by atoms with van der Waals surface area (Å²) >= 11 is 6.16. The third kappa shape index (κ3) is 2.69. The Kier molecular flexibility index (Phi) is 3.71. The number of hydrogen-bond acceptors (Lipinski definition) is 3. The summed E-state index contributed by atoms with van der Waals surface area (Å²) in [7, 11) is 3.89. The van der Waals surface area contributed by atoms with Crippen LogP contribution in [0.2, 0.25) is 5.02 Å². The monoisotopic (exact) mass is 276 g/mol. The molecule has 0 aromatic heterocycles. The maximum Gasteiger partial charge on any atom is 0.270 e. The Morgan fingerprint density at radius 2 is 1.79 bits per heavy atom. The van der Waals surface area contributed by atoms with Gasteiger partial charge in [-0.05, 0) is 12.1 Å². The fourth-order valence-electron chi connectivity index (χ4n) is 1.93. The van der Waals surface area contributed by atoms with Crippen LogP contribution in [-0.2, 0) is 0 Å². The third-order valence-corrected chi connectivity index (χ3v) is 3.15. The largest absolute Gasteiger partial charge is 0.377 e. The highest BCUT2D eigenvalue weighted by molar-refractivity contribution is 6.33. The summed E-state index contributed by atoms with van der Waals surface area (Å²) in [6.45, 7) is 0. The SMILES string of the molecule is CN(C)c1ccccc1-c1ccc([N+](=O)[O-])cc1Cl.